The first-order valence-electron chi connectivity index (χ1n) is 9.42. The number of hydrogen-bond acceptors (Lipinski definition) is 7. The smallest absolute Gasteiger partial charge is 0.194 e. The van der Waals surface area contributed by atoms with Crippen molar-refractivity contribution < 1.29 is 17.9 Å². The second-order valence-corrected chi connectivity index (χ2v) is 6.81. The summed E-state index contributed by atoms with van der Waals surface area (Å²) < 4.78 is 47.2. The van der Waals surface area contributed by atoms with Gasteiger partial charge in [-0.3, -0.25) is 4.98 Å². The van der Waals surface area contributed by atoms with Gasteiger partial charge in [0.25, 0.3) is 0 Å². The lowest BCUT2D eigenvalue weighted by atomic mass is 10.1. The number of pyridine rings is 2. The second-order valence-electron chi connectivity index (χ2n) is 6.81. The normalized spacial score (nSPS) is 10.9. The Balaban J connectivity index is 0.00000259. The Labute approximate surface area is 190 Å². The minimum Gasteiger partial charge on any atom is -0.495 e. The molecule has 0 amide bonds. The van der Waals surface area contributed by atoms with Crippen LogP contribution in [0, 0.1) is 17.5 Å². The largest absolute Gasteiger partial charge is 0.495 e. The summed E-state index contributed by atoms with van der Waals surface area (Å²) in [6.07, 6.45) is 3.23. The van der Waals surface area contributed by atoms with E-state index in [1.54, 1.807) is 37.7 Å². The first-order chi connectivity index (χ1) is 15.5. The molecular weight excluding hydrogens is 459 g/mol. The molecule has 0 unspecified atom stereocenters. The SMILES string of the molecule is COc1cnc2c(NCc3nnc4ccc(-c5cc(F)c(F)c(F)c5)nn34)ccnc2c1.Cl. The quantitative estimate of drug-likeness (QED) is 0.383. The molecule has 0 bridgehead atoms. The molecule has 4 heterocycles. The Morgan fingerprint density at radius 3 is 2.55 bits per heavy atom. The number of nitrogens with zero attached hydrogens (tertiary/aromatic N) is 6. The maximum absolute atomic E-state index is 13.6. The number of benzene rings is 1. The minimum atomic E-state index is -1.53. The van der Waals surface area contributed by atoms with E-state index in [-0.39, 0.29) is 30.2 Å². The van der Waals surface area contributed by atoms with Crippen molar-refractivity contribution in [2.45, 2.75) is 6.54 Å². The van der Waals surface area contributed by atoms with Gasteiger partial charge in [-0.2, -0.15) is 9.61 Å². The molecule has 8 nitrogen and oxygen atoms in total. The molecule has 0 aliphatic heterocycles. The summed E-state index contributed by atoms with van der Waals surface area (Å²) in [5.41, 5.74) is 2.78. The van der Waals surface area contributed by atoms with Crippen LogP contribution in [0.1, 0.15) is 5.82 Å². The van der Waals surface area contributed by atoms with E-state index in [4.69, 9.17) is 4.74 Å². The Bertz CT molecular complexity index is 1450. The molecule has 33 heavy (non-hydrogen) atoms. The Hall–Kier alpha value is -3.99. The third-order valence-corrected chi connectivity index (χ3v) is 4.83. The van der Waals surface area contributed by atoms with Crippen LogP contribution in [0.2, 0.25) is 0 Å². The van der Waals surface area contributed by atoms with Crippen LogP contribution in [0.3, 0.4) is 0 Å². The van der Waals surface area contributed by atoms with Gasteiger partial charge in [0.2, 0.25) is 0 Å². The van der Waals surface area contributed by atoms with Gasteiger partial charge in [-0.1, -0.05) is 0 Å². The number of nitrogens with one attached hydrogen (secondary N) is 1. The summed E-state index contributed by atoms with van der Waals surface area (Å²) in [5.74, 6) is -3.07. The maximum Gasteiger partial charge on any atom is 0.194 e. The van der Waals surface area contributed by atoms with Gasteiger partial charge in [-0.05, 0) is 30.3 Å². The third-order valence-electron chi connectivity index (χ3n) is 4.83. The third kappa shape index (κ3) is 4.10. The fourth-order valence-electron chi connectivity index (χ4n) is 3.24. The highest BCUT2D eigenvalue weighted by atomic mass is 35.5. The van der Waals surface area contributed by atoms with Crippen LogP contribution < -0.4 is 10.1 Å². The molecule has 5 rings (SSSR count). The van der Waals surface area contributed by atoms with E-state index in [1.165, 1.54) is 10.6 Å². The average molecular weight is 474 g/mol. The van der Waals surface area contributed by atoms with Crippen molar-refractivity contribution in [3.63, 3.8) is 0 Å². The van der Waals surface area contributed by atoms with Crippen molar-refractivity contribution in [3.8, 4) is 17.0 Å². The molecule has 12 heteroatoms. The number of rotatable bonds is 5. The first-order valence-corrected chi connectivity index (χ1v) is 9.42. The van der Waals surface area contributed by atoms with Gasteiger partial charge < -0.3 is 10.1 Å². The molecule has 0 aliphatic rings. The van der Waals surface area contributed by atoms with Crippen LogP contribution in [-0.4, -0.2) is 36.9 Å². The molecule has 0 spiro atoms. The zero-order valence-corrected chi connectivity index (χ0v) is 17.8. The number of ether oxygens (including phenoxy) is 1. The van der Waals surface area contributed by atoms with Gasteiger partial charge in [0, 0.05) is 17.8 Å². The summed E-state index contributed by atoms with van der Waals surface area (Å²) in [5, 5.41) is 15.8. The van der Waals surface area contributed by atoms with Crippen molar-refractivity contribution in [2.24, 2.45) is 0 Å². The van der Waals surface area contributed by atoms with E-state index in [0.29, 0.717) is 33.9 Å². The second kappa shape index (κ2) is 8.87. The van der Waals surface area contributed by atoms with E-state index in [0.717, 1.165) is 12.1 Å². The fourth-order valence-corrected chi connectivity index (χ4v) is 3.24. The van der Waals surface area contributed by atoms with Crippen molar-refractivity contribution in [1.82, 2.24) is 29.8 Å². The average Bonchev–Trinajstić information content (AvgIpc) is 3.22. The van der Waals surface area contributed by atoms with E-state index >= 15 is 0 Å². The lowest BCUT2D eigenvalue weighted by Gasteiger charge is -2.09. The molecular formula is C21H15ClF3N7O. The predicted octanol–water partition coefficient (Wildman–Crippen LogP) is 4.19. The number of aromatic nitrogens is 6. The highest BCUT2D eigenvalue weighted by molar-refractivity contribution is 5.87. The number of fused-ring (bicyclic) bond motifs is 2. The summed E-state index contributed by atoms with van der Waals surface area (Å²) >= 11 is 0. The standard InChI is InChI=1S/C21H14F3N7O.ClH/c1-32-12-8-17-21(27-9-12)16(4-5-25-17)26-10-19-29-28-18-3-2-15(30-31(18)19)11-6-13(22)20(24)14(23)7-11;/h2-9H,10H2,1H3,(H,25,26);1H. The molecule has 1 aromatic carbocycles. The summed E-state index contributed by atoms with van der Waals surface area (Å²) in [6.45, 7) is 0.233. The molecule has 0 fully saturated rings. The van der Waals surface area contributed by atoms with Gasteiger partial charge in [-0.15, -0.1) is 22.6 Å². The number of hydrogen-bond donors (Lipinski definition) is 1. The van der Waals surface area contributed by atoms with Crippen molar-refractivity contribution in [2.75, 3.05) is 12.4 Å². The zero-order valence-electron chi connectivity index (χ0n) is 17.0. The van der Waals surface area contributed by atoms with Crippen molar-refractivity contribution >= 4 is 34.8 Å². The summed E-state index contributed by atoms with van der Waals surface area (Å²) in [4.78, 5) is 8.68. The zero-order chi connectivity index (χ0) is 22.2. The molecule has 0 aliphatic carbocycles. The fraction of sp³-hybridized carbons (Fsp3) is 0.0952. The lowest BCUT2D eigenvalue weighted by molar-refractivity contribution is 0.413. The molecule has 168 valence electrons. The Morgan fingerprint density at radius 1 is 1.00 bits per heavy atom. The minimum absolute atomic E-state index is 0. The monoisotopic (exact) mass is 473 g/mol. The highest BCUT2D eigenvalue weighted by Crippen LogP contribution is 2.24. The summed E-state index contributed by atoms with van der Waals surface area (Å²) in [6, 6.07) is 8.45. The summed E-state index contributed by atoms with van der Waals surface area (Å²) in [7, 11) is 1.55. The number of halogens is 4. The van der Waals surface area contributed by atoms with Crippen molar-refractivity contribution in [3.05, 3.63) is 72.1 Å². The van der Waals surface area contributed by atoms with Gasteiger partial charge in [0.05, 0.1) is 36.7 Å². The Morgan fingerprint density at radius 2 is 1.79 bits per heavy atom. The van der Waals surface area contributed by atoms with Crippen LogP contribution in [-0.2, 0) is 6.54 Å². The van der Waals surface area contributed by atoms with E-state index in [9.17, 15) is 13.2 Å². The molecule has 1 N–H and O–H groups in total. The van der Waals surface area contributed by atoms with Gasteiger partial charge in [0.15, 0.2) is 28.9 Å². The number of methoxy groups -OCH3 is 1. The van der Waals surface area contributed by atoms with Gasteiger partial charge >= 0.3 is 0 Å². The predicted molar refractivity (Wildman–Crippen MR) is 117 cm³/mol. The molecule has 4 aromatic heterocycles. The molecule has 0 saturated heterocycles. The first kappa shape index (κ1) is 22.2. The highest BCUT2D eigenvalue weighted by Gasteiger charge is 2.15. The van der Waals surface area contributed by atoms with Crippen LogP contribution in [0.25, 0.3) is 27.9 Å². The van der Waals surface area contributed by atoms with Gasteiger partial charge in [0.1, 0.15) is 11.3 Å². The van der Waals surface area contributed by atoms with Crippen LogP contribution in [0.4, 0.5) is 18.9 Å². The van der Waals surface area contributed by atoms with E-state index in [2.05, 4.69) is 30.6 Å². The maximum atomic E-state index is 13.6. The van der Waals surface area contributed by atoms with E-state index < -0.39 is 17.5 Å². The van der Waals surface area contributed by atoms with Crippen LogP contribution >= 0.6 is 12.4 Å². The molecule has 5 aromatic rings. The molecule has 0 saturated carbocycles. The van der Waals surface area contributed by atoms with Crippen LogP contribution in [0.5, 0.6) is 5.75 Å². The molecule has 0 radical (unpaired) electrons. The Kier molecular flexibility index (Phi) is 5.97. The number of anilines is 1. The van der Waals surface area contributed by atoms with Crippen molar-refractivity contribution in [1.29, 1.82) is 0 Å². The van der Waals surface area contributed by atoms with Gasteiger partial charge in [-0.25, -0.2) is 18.2 Å². The van der Waals surface area contributed by atoms with Crippen LogP contribution in [0.15, 0.2) is 48.8 Å². The topological polar surface area (TPSA) is 90.1 Å². The lowest BCUT2D eigenvalue weighted by Crippen LogP contribution is -2.07. The van der Waals surface area contributed by atoms with E-state index in [1.807, 2.05) is 0 Å². The molecule has 0 atom stereocenters.